The van der Waals surface area contributed by atoms with Gasteiger partial charge in [0.1, 0.15) is 5.41 Å². The molecule has 20 heavy (non-hydrogen) atoms. The zero-order valence-corrected chi connectivity index (χ0v) is 12.2. The fraction of sp³-hybridized carbons (Fsp3) is 0.857. The minimum Gasteiger partial charge on any atom is -0.409 e. The molecular formula is C14H25N3O3. The van der Waals surface area contributed by atoms with Gasteiger partial charge in [-0.2, -0.15) is 0 Å². The summed E-state index contributed by atoms with van der Waals surface area (Å²) in [5, 5.41) is 12.1. The molecule has 1 amide bonds. The Morgan fingerprint density at radius 1 is 1.40 bits per heavy atom. The first-order chi connectivity index (χ1) is 9.60. The van der Waals surface area contributed by atoms with E-state index in [1.54, 1.807) is 4.90 Å². The van der Waals surface area contributed by atoms with Gasteiger partial charge in [-0.3, -0.25) is 4.79 Å². The molecule has 1 saturated carbocycles. The molecule has 0 unspecified atom stereocenters. The van der Waals surface area contributed by atoms with Crippen molar-refractivity contribution in [1.29, 1.82) is 0 Å². The summed E-state index contributed by atoms with van der Waals surface area (Å²) >= 11 is 0. The number of carbonyl (C=O) groups is 1. The number of hydrogen-bond acceptors (Lipinski definition) is 4. The summed E-state index contributed by atoms with van der Waals surface area (Å²) in [4.78, 5) is 14.6. The molecule has 1 aliphatic heterocycles. The maximum Gasteiger partial charge on any atom is 0.236 e. The summed E-state index contributed by atoms with van der Waals surface area (Å²) in [5.74, 6) is 0.570. The second-order valence-corrected chi connectivity index (χ2v) is 6.02. The van der Waals surface area contributed by atoms with Crippen LogP contribution in [0.1, 0.15) is 38.5 Å². The Kier molecular flexibility index (Phi) is 4.86. The van der Waals surface area contributed by atoms with E-state index in [1.807, 2.05) is 7.05 Å². The number of oxime groups is 1. The fourth-order valence-electron chi connectivity index (χ4n) is 3.42. The molecule has 0 aromatic heterocycles. The summed E-state index contributed by atoms with van der Waals surface area (Å²) in [5.41, 5.74) is 4.94. The molecule has 0 aromatic rings. The van der Waals surface area contributed by atoms with E-state index in [-0.39, 0.29) is 11.7 Å². The van der Waals surface area contributed by atoms with Gasteiger partial charge in [0.05, 0.1) is 0 Å². The minimum absolute atomic E-state index is 0.0177. The van der Waals surface area contributed by atoms with Crippen molar-refractivity contribution < 1.29 is 14.7 Å². The van der Waals surface area contributed by atoms with Crippen molar-refractivity contribution in [3.8, 4) is 0 Å². The van der Waals surface area contributed by atoms with Gasteiger partial charge in [-0.25, -0.2) is 0 Å². The zero-order valence-electron chi connectivity index (χ0n) is 12.2. The Morgan fingerprint density at radius 2 is 2.00 bits per heavy atom. The first kappa shape index (κ1) is 15.1. The lowest BCUT2D eigenvalue weighted by molar-refractivity contribution is -0.141. The van der Waals surface area contributed by atoms with E-state index < -0.39 is 5.41 Å². The number of carbonyl (C=O) groups excluding carboxylic acids is 1. The van der Waals surface area contributed by atoms with E-state index in [4.69, 9.17) is 15.7 Å². The number of amides is 1. The second kappa shape index (κ2) is 6.43. The molecule has 3 N–H and O–H groups in total. The van der Waals surface area contributed by atoms with Crippen LogP contribution >= 0.6 is 0 Å². The van der Waals surface area contributed by atoms with Crippen molar-refractivity contribution >= 4 is 11.7 Å². The van der Waals surface area contributed by atoms with Gasteiger partial charge in [0.15, 0.2) is 5.84 Å². The SMILES string of the molecule is CN(CC1CCCC1)C(=O)C1(C(N)=NO)CCOCC1. The average molecular weight is 283 g/mol. The summed E-state index contributed by atoms with van der Waals surface area (Å²) in [6.07, 6.45) is 5.86. The molecule has 6 heteroatoms. The third-order valence-electron chi connectivity index (χ3n) is 4.71. The van der Waals surface area contributed by atoms with Crippen LogP contribution in [0.15, 0.2) is 5.16 Å². The molecule has 6 nitrogen and oxygen atoms in total. The Balaban J connectivity index is 2.09. The Bertz CT molecular complexity index is 372. The molecular weight excluding hydrogens is 258 g/mol. The van der Waals surface area contributed by atoms with Crippen molar-refractivity contribution in [1.82, 2.24) is 4.90 Å². The normalized spacial score (nSPS) is 23.8. The van der Waals surface area contributed by atoms with Crippen LogP contribution in [0.5, 0.6) is 0 Å². The minimum atomic E-state index is -0.889. The number of nitrogens with zero attached hydrogens (tertiary/aromatic N) is 2. The standard InChI is InChI=1S/C14H25N3O3/c1-17(10-11-4-2-3-5-11)13(18)14(12(15)16-19)6-8-20-9-7-14/h11,19H,2-10H2,1H3,(H2,15,16). The molecule has 2 rings (SSSR count). The largest absolute Gasteiger partial charge is 0.409 e. The van der Waals surface area contributed by atoms with E-state index in [0.29, 0.717) is 32.0 Å². The van der Waals surface area contributed by atoms with Gasteiger partial charge in [-0.05, 0) is 31.6 Å². The van der Waals surface area contributed by atoms with Crippen LogP contribution in [0.2, 0.25) is 0 Å². The molecule has 0 bridgehead atoms. The van der Waals surface area contributed by atoms with E-state index in [9.17, 15) is 4.79 Å². The first-order valence-corrected chi connectivity index (χ1v) is 7.41. The van der Waals surface area contributed by atoms with Gasteiger partial charge in [0, 0.05) is 26.8 Å². The summed E-state index contributed by atoms with van der Waals surface area (Å²) in [7, 11) is 1.82. The Labute approximate surface area is 119 Å². The lowest BCUT2D eigenvalue weighted by Crippen LogP contribution is -2.53. The smallest absolute Gasteiger partial charge is 0.236 e. The molecule has 1 heterocycles. The van der Waals surface area contributed by atoms with Crippen LogP contribution in [0.4, 0.5) is 0 Å². The quantitative estimate of drug-likeness (QED) is 0.351. The maximum absolute atomic E-state index is 12.8. The highest BCUT2D eigenvalue weighted by molar-refractivity contribution is 6.06. The first-order valence-electron chi connectivity index (χ1n) is 7.41. The van der Waals surface area contributed by atoms with Crippen molar-refractivity contribution in [3.63, 3.8) is 0 Å². The van der Waals surface area contributed by atoms with Crippen molar-refractivity contribution in [2.45, 2.75) is 38.5 Å². The zero-order chi connectivity index (χ0) is 14.6. The highest BCUT2D eigenvalue weighted by Crippen LogP contribution is 2.34. The molecule has 2 fully saturated rings. The van der Waals surface area contributed by atoms with Crippen LogP contribution in [0.25, 0.3) is 0 Å². The Morgan fingerprint density at radius 3 is 2.55 bits per heavy atom. The predicted octanol–water partition coefficient (Wildman–Crippen LogP) is 1.18. The number of amidine groups is 1. The number of ether oxygens (including phenoxy) is 1. The molecule has 0 radical (unpaired) electrons. The van der Waals surface area contributed by atoms with Gasteiger partial charge < -0.3 is 20.6 Å². The second-order valence-electron chi connectivity index (χ2n) is 6.02. The van der Waals surface area contributed by atoms with E-state index in [2.05, 4.69) is 5.16 Å². The molecule has 114 valence electrons. The molecule has 1 saturated heterocycles. The van der Waals surface area contributed by atoms with Crippen molar-refractivity contribution in [2.75, 3.05) is 26.8 Å². The van der Waals surface area contributed by atoms with Crippen molar-refractivity contribution in [3.05, 3.63) is 0 Å². The van der Waals surface area contributed by atoms with Gasteiger partial charge in [0.25, 0.3) is 0 Å². The molecule has 0 atom stereocenters. The predicted molar refractivity (Wildman–Crippen MR) is 75.5 cm³/mol. The molecule has 1 aliphatic carbocycles. The van der Waals surface area contributed by atoms with E-state index >= 15 is 0 Å². The van der Waals surface area contributed by atoms with Crippen molar-refractivity contribution in [2.24, 2.45) is 22.2 Å². The van der Waals surface area contributed by atoms with Gasteiger partial charge in [-0.1, -0.05) is 18.0 Å². The molecule has 0 spiro atoms. The van der Waals surface area contributed by atoms with Crippen LogP contribution in [-0.2, 0) is 9.53 Å². The maximum atomic E-state index is 12.8. The van der Waals surface area contributed by atoms with E-state index in [1.165, 1.54) is 25.7 Å². The molecule has 0 aromatic carbocycles. The average Bonchev–Trinajstić information content (AvgIpc) is 2.99. The summed E-state index contributed by atoms with van der Waals surface area (Å²) < 4.78 is 5.32. The number of hydrogen-bond donors (Lipinski definition) is 2. The molecule has 2 aliphatic rings. The number of nitrogens with two attached hydrogens (primary N) is 1. The topological polar surface area (TPSA) is 88.2 Å². The summed E-state index contributed by atoms with van der Waals surface area (Å²) in [6, 6.07) is 0. The van der Waals surface area contributed by atoms with Gasteiger partial charge in [-0.15, -0.1) is 0 Å². The number of rotatable bonds is 4. The lowest BCUT2D eigenvalue weighted by Gasteiger charge is -2.38. The van der Waals surface area contributed by atoms with E-state index in [0.717, 1.165) is 6.54 Å². The van der Waals surface area contributed by atoms with Crippen LogP contribution in [-0.4, -0.2) is 48.7 Å². The van der Waals surface area contributed by atoms with Gasteiger partial charge in [0.2, 0.25) is 5.91 Å². The highest BCUT2D eigenvalue weighted by Gasteiger charge is 2.46. The van der Waals surface area contributed by atoms with Crippen LogP contribution in [0.3, 0.4) is 0 Å². The Hall–Kier alpha value is -1.30. The fourth-order valence-corrected chi connectivity index (χ4v) is 3.42. The third kappa shape index (κ3) is 2.90. The monoisotopic (exact) mass is 283 g/mol. The highest BCUT2D eigenvalue weighted by atomic mass is 16.5. The lowest BCUT2D eigenvalue weighted by atomic mass is 9.77. The van der Waals surface area contributed by atoms with Crippen LogP contribution in [0, 0.1) is 11.3 Å². The third-order valence-corrected chi connectivity index (χ3v) is 4.71. The van der Waals surface area contributed by atoms with Crippen LogP contribution < -0.4 is 5.73 Å². The summed E-state index contributed by atoms with van der Waals surface area (Å²) in [6.45, 7) is 1.71. The van der Waals surface area contributed by atoms with Gasteiger partial charge >= 0.3 is 0 Å².